The van der Waals surface area contributed by atoms with E-state index >= 15 is 0 Å². The third-order valence-corrected chi connectivity index (χ3v) is 3.01. The molecule has 0 rings (SSSR count). The fraction of sp³-hybridized carbons (Fsp3) is 1.00. The Labute approximate surface area is 89.7 Å². The Morgan fingerprint density at radius 2 is 1.14 bits per heavy atom. The lowest BCUT2D eigenvalue weighted by molar-refractivity contribution is 0.107. The average Bonchev–Trinajstić information content (AvgIpc) is 2.20. The molecule has 0 saturated heterocycles. The third kappa shape index (κ3) is 14.6. The van der Waals surface area contributed by atoms with Crippen LogP contribution in [0, 0.1) is 0 Å². The molecule has 0 heterocycles. The average molecular weight is 223 g/mol. The van der Waals surface area contributed by atoms with Crippen LogP contribution in [0.25, 0.3) is 0 Å². The first-order valence-corrected chi connectivity index (χ1v) is 6.72. The van der Waals surface area contributed by atoms with Crippen LogP contribution in [0.2, 0.25) is 0 Å². The smallest absolute Gasteiger partial charge is 0.376 e. The summed E-state index contributed by atoms with van der Waals surface area (Å²) < 4.78 is 15.7. The van der Waals surface area contributed by atoms with Crippen molar-refractivity contribution in [2.24, 2.45) is 5.73 Å². The molecule has 0 radical (unpaired) electrons. The van der Waals surface area contributed by atoms with Crippen molar-refractivity contribution in [2.75, 3.05) is 26.4 Å². The quantitative estimate of drug-likeness (QED) is 0.658. The van der Waals surface area contributed by atoms with Gasteiger partial charge in [0.1, 0.15) is 0 Å². The topological polar surface area (TPSA) is 53.7 Å². The molecular formula is C9H25NO3Si. The van der Waals surface area contributed by atoms with Crippen LogP contribution in [0.15, 0.2) is 0 Å². The summed E-state index contributed by atoms with van der Waals surface area (Å²) in [6.07, 6.45) is 1.10. The number of hydrogen-bond donors (Lipinski definition) is 1. The molecule has 88 valence electrons. The number of nitrogens with two attached hydrogens (primary N) is 1. The van der Waals surface area contributed by atoms with Gasteiger partial charge in [-0.3, -0.25) is 0 Å². The first-order chi connectivity index (χ1) is 6.76. The van der Waals surface area contributed by atoms with Crippen LogP contribution in [0.3, 0.4) is 0 Å². The molecule has 14 heavy (non-hydrogen) atoms. The van der Waals surface area contributed by atoms with Crippen LogP contribution in [-0.4, -0.2) is 35.9 Å². The zero-order chi connectivity index (χ0) is 11.2. The Morgan fingerprint density at radius 1 is 0.857 bits per heavy atom. The lowest BCUT2D eigenvalue weighted by atomic mass is 10.5. The Hall–Kier alpha value is 0.0569. The molecule has 0 spiro atoms. The van der Waals surface area contributed by atoms with E-state index in [0.717, 1.165) is 13.0 Å². The van der Waals surface area contributed by atoms with Crippen LogP contribution in [-0.2, 0) is 13.3 Å². The van der Waals surface area contributed by atoms with Crippen LogP contribution in [0.4, 0.5) is 0 Å². The van der Waals surface area contributed by atoms with E-state index in [9.17, 15) is 0 Å². The molecule has 4 nitrogen and oxygen atoms in total. The van der Waals surface area contributed by atoms with Gasteiger partial charge in [-0.05, 0) is 33.7 Å². The lowest BCUT2D eigenvalue weighted by Gasteiger charge is -2.12. The van der Waals surface area contributed by atoms with Crippen molar-refractivity contribution in [2.45, 2.75) is 34.1 Å². The van der Waals surface area contributed by atoms with Crippen LogP contribution >= 0.6 is 0 Å². The summed E-state index contributed by atoms with van der Waals surface area (Å²) in [5, 5.41) is 0. The SMILES string of the molecule is CCCN.CCO[SiH](OCC)OCC. The predicted octanol–water partition coefficient (Wildman–Crippen LogP) is 1.17. The van der Waals surface area contributed by atoms with Gasteiger partial charge in [0.15, 0.2) is 0 Å². The molecule has 0 atom stereocenters. The molecule has 0 aliphatic heterocycles. The first kappa shape index (κ1) is 16.5. The molecule has 0 aromatic carbocycles. The molecule has 0 unspecified atom stereocenters. The minimum atomic E-state index is -1.73. The van der Waals surface area contributed by atoms with Crippen molar-refractivity contribution < 1.29 is 13.3 Å². The highest BCUT2D eigenvalue weighted by atomic mass is 28.3. The largest absolute Gasteiger partial charge is 0.484 e. The minimum absolute atomic E-state index is 0.677. The molecule has 0 fully saturated rings. The Morgan fingerprint density at radius 3 is 1.29 bits per heavy atom. The second-order valence-electron chi connectivity index (χ2n) is 2.44. The van der Waals surface area contributed by atoms with Gasteiger partial charge in [0.25, 0.3) is 0 Å². The van der Waals surface area contributed by atoms with E-state index in [-0.39, 0.29) is 0 Å². The molecule has 0 aliphatic rings. The number of hydrogen-bond acceptors (Lipinski definition) is 4. The van der Waals surface area contributed by atoms with Crippen molar-refractivity contribution in [3.63, 3.8) is 0 Å². The van der Waals surface area contributed by atoms with Gasteiger partial charge < -0.3 is 19.0 Å². The highest BCUT2D eigenvalue weighted by Gasteiger charge is 2.11. The molecule has 0 saturated carbocycles. The maximum Gasteiger partial charge on any atom is 0.484 e. The maximum absolute atomic E-state index is 5.22. The van der Waals surface area contributed by atoms with Gasteiger partial charge in [-0.15, -0.1) is 0 Å². The molecule has 0 bridgehead atoms. The van der Waals surface area contributed by atoms with Crippen LogP contribution in [0.5, 0.6) is 0 Å². The van der Waals surface area contributed by atoms with E-state index in [2.05, 4.69) is 6.92 Å². The van der Waals surface area contributed by atoms with Crippen molar-refractivity contribution in [1.82, 2.24) is 0 Å². The van der Waals surface area contributed by atoms with Gasteiger partial charge in [-0.1, -0.05) is 6.92 Å². The summed E-state index contributed by atoms with van der Waals surface area (Å²) >= 11 is 0. The summed E-state index contributed by atoms with van der Waals surface area (Å²) in [4.78, 5) is 0. The predicted molar refractivity (Wildman–Crippen MR) is 61.4 cm³/mol. The molecular weight excluding hydrogens is 198 g/mol. The molecule has 0 aromatic rings. The molecule has 0 aliphatic carbocycles. The zero-order valence-electron chi connectivity index (χ0n) is 9.91. The van der Waals surface area contributed by atoms with Gasteiger partial charge in [-0.2, -0.15) is 0 Å². The maximum atomic E-state index is 5.22. The second kappa shape index (κ2) is 15.5. The highest BCUT2D eigenvalue weighted by molar-refractivity contribution is 6.36. The van der Waals surface area contributed by atoms with E-state index in [1.807, 2.05) is 20.8 Å². The summed E-state index contributed by atoms with van der Waals surface area (Å²) in [5.74, 6) is 0. The van der Waals surface area contributed by atoms with Crippen molar-refractivity contribution in [3.05, 3.63) is 0 Å². The Bertz CT molecular complexity index is 79.9. The van der Waals surface area contributed by atoms with E-state index in [1.54, 1.807) is 0 Å². The standard InChI is InChI=1S/C6H16O3Si.C3H9N/c1-4-7-10(8-5-2)9-6-3;1-2-3-4/h10H,4-6H2,1-3H3;2-4H2,1H3. The summed E-state index contributed by atoms with van der Waals surface area (Å²) in [5.41, 5.74) is 5.03. The van der Waals surface area contributed by atoms with E-state index in [4.69, 9.17) is 19.0 Å². The van der Waals surface area contributed by atoms with E-state index in [1.165, 1.54) is 0 Å². The van der Waals surface area contributed by atoms with Gasteiger partial charge in [-0.25, -0.2) is 0 Å². The van der Waals surface area contributed by atoms with Gasteiger partial charge in [0.05, 0.1) is 0 Å². The summed E-state index contributed by atoms with van der Waals surface area (Å²) in [7, 11) is -1.73. The zero-order valence-corrected chi connectivity index (χ0v) is 11.1. The third-order valence-electron chi connectivity index (χ3n) is 1.20. The van der Waals surface area contributed by atoms with E-state index in [0.29, 0.717) is 19.8 Å². The minimum Gasteiger partial charge on any atom is -0.376 e. The normalized spacial score (nSPS) is 9.86. The van der Waals surface area contributed by atoms with Gasteiger partial charge >= 0.3 is 9.53 Å². The molecule has 0 amide bonds. The molecule has 0 aromatic heterocycles. The van der Waals surface area contributed by atoms with Crippen molar-refractivity contribution in [1.29, 1.82) is 0 Å². The van der Waals surface area contributed by atoms with Crippen molar-refractivity contribution in [3.8, 4) is 0 Å². The van der Waals surface area contributed by atoms with Crippen LogP contribution < -0.4 is 5.73 Å². The molecule has 5 heteroatoms. The van der Waals surface area contributed by atoms with Crippen molar-refractivity contribution >= 4 is 9.53 Å². The van der Waals surface area contributed by atoms with Crippen LogP contribution in [0.1, 0.15) is 34.1 Å². The highest BCUT2D eigenvalue weighted by Crippen LogP contribution is 1.90. The fourth-order valence-corrected chi connectivity index (χ4v) is 1.66. The molecule has 2 N–H and O–H groups in total. The Kier molecular flexibility index (Phi) is 18.3. The fourth-order valence-electron chi connectivity index (χ4n) is 0.553. The van der Waals surface area contributed by atoms with E-state index < -0.39 is 9.53 Å². The van der Waals surface area contributed by atoms with Gasteiger partial charge in [0, 0.05) is 19.8 Å². The first-order valence-electron chi connectivity index (χ1n) is 5.31. The summed E-state index contributed by atoms with van der Waals surface area (Å²) in [6.45, 7) is 10.7. The lowest BCUT2D eigenvalue weighted by Crippen LogP contribution is -2.27. The monoisotopic (exact) mass is 223 g/mol. The summed E-state index contributed by atoms with van der Waals surface area (Å²) in [6, 6.07) is 0. The second-order valence-corrected chi connectivity index (χ2v) is 4.02. The Balaban J connectivity index is 0. The van der Waals surface area contributed by atoms with Gasteiger partial charge in [0.2, 0.25) is 0 Å². The number of rotatable bonds is 7.